The van der Waals surface area contributed by atoms with E-state index >= 15 is 0 Å². The standard InChI is InChI=1S/C27H33Cl4N3O9S/c1-25(2,3)42-22(37)18(28)34-20(36)17(21(34)44-13-12-40-24(39)41-14-27(29,30)31)32-19(35)16(15-10-8-7-9-11-15)33-23(38)43-26(4,5)6/h7-11,16,18H,12-14H2,1-6H3,(H,32,35)(H,33,38)/t16-,18?/m0/s1. The van der Waals surface area contributed by atoms with Crippen molar-refractivity contribution in [2.45, 2.75) is 68.1 Å². The van der Waals surface area contributed by atoms with E-state index in [1.807, 2.05) is 0 Å². The maximum absolute atomic E-state index is 13.5. The minimum atomic E-state index is -1.83. The molecule has 0 bridgehead atoms. The van der Waals surface area contributed by atoms with Crippen LogP contribution in [0.2, 0.25) is 0 Å². The number of amides is 3. The summed E-state index contributed by atoms with van der Waals surface area (Å²) >= 11 is 23.9. The van der Waals surface area contributed by atoms with Crippen LogP contribution >= 0.6 is 58.2 Å². The Hall–Kier alpha value is -2.58. The fourth-order valence-corrected chi connectivity index (χ4v) is 4.72. The van der Waals surface area contributed by atoms with Crippen LogP contribution in [0.15, 0.2) is 41.1 Å². The van der Waals surface area contributed by atoms with Crippen LogP contribution in [0, 0.1) is 0 Å². The van der Waals surface area contributed by atoms with Crippen molar-refractivity contribution < 1.29 is 42.9 Å². The molecule has 0 fully saturated rings. The van der Waals surface area contributed by atoms with Gasteiger partial charge in [-0.3, -0.25) is 14.5 Å². The van der Waals surface area contributed by atoms with Gasteiger partial charge >= 0.3 is 18.2 Å². The van der Waals surface area contributed by atoms with Gasteiger partial charge < -0.3 is 29.6 Å². The Balaban J connectivity index is 2.28. The number of carbonyl (C=O) groups excluding carboxylic acids is 5. The summed E-state index contributed by atoms with van der Waals surface area (Å²) in [5.41, 5.74) is -3.13. The maximum atomic E-state index is 13.5. The first-order valence-electron chi connectivity index (χ1n) is 13.0. The fourth-order valence-electron chi connectivity index (χ4n) is 3.29. The van der Waals surface area contributed by atoms with Gasteiger partial charge in [0.1, 0.15) is 41.2 Å². The van der Waals surface area contributed by atoms with Crippen LogP contribution in [0.3, 0.4) is 0 Å². The molecule has 17 heteroatoms. The quantitative estimate of drug-likeness (QED) is 0.0983. The second kappa shape index (κ2) is 15.6. The zero-order valence-electron chi connectivity index (χ0n) is 24.7. The van der Waals surface area contributed by atoms with Crippen molar-refractivity contribution in [3.63, 3.8) is 0 Å². The molecule has 0 saturated heterocycles. The molecule has 1 aliphatic heterocycles. The van der Waals surface area contributed by atoms with Crippen molar-refractivity contribution in [2.75, 3.05) is 19.0 Å². The third-order valence-corrected chi connectivity index (χ3v) is 6.64. The van der Waals surface area contributed by atoms with E-state index in [1.165, 1.54) is 0 Å². The van der Waals surface area contributed by atoms with Gasteiger partial charge in [0.05, 0.1) is 0 Å². The topological polar surface area (TPSA) is 150 Å². The summed E-state index contributed by atoms with van der Waals surface area (Å²) in [4.78, 5) is 64.6. The van der Waals surface area contributed by atoms with Gasteiger partial charge in [0, 0.05) is 5.75 Å². The first-order chi connectivity index (χ1) is 20.2. The number of nitrogens with zero attached hydrogens (tertiary/aromatic N) is 1. The van der Waals surface area contributed by atoms with Crippen molar-refractivity contribution in [1.82, 2.24) is 15.5 Å². The van der Waals surface area contributed by atoms with E-state index in [0.29, 0.717) is 5.56 Å². The van der Waals surface area contributed by atoms with Crippen molar-refractivity contribution in [2.24, 2.45) is 0 Å². The number of benzene rings is 1. The van der Waals surface area contributed by atoms with Crippen molar-refractivity contribution in [3.8, 4) is 0 Å². The highest BCUT2D eigenvalue weighted by Crippen LogP contribution is 2.37. The van der Waals surface area contributed by atoms with Crippen LogP contribution in [-0.2, 0) is 33.3 Å². The van der Waals surface area contributed by atoms with E-state index in [-0.39, 0.29) is 23.1 Å². The number of thioether (sulfide) groups is 1. The Labute approximate surface area is 279 Å². The lowest BCUT2D eigenvalue weighted by molar-refractivity contribution is -0.160. The number of alkyl carbamates (subject to hydrolysis) is 1. The molecule has 2 rings (SSSR count). The molecule has 1 aliphatic rings. The number of esters is 1. The van der Waals surface area contributed by atoms with Crippen molar-refractivity contribution >= 4 is 88.2 Å². The molecule has 1 aromatic carbocycles. The molecule has 244 valence electrons. The highest BCUT2D eigenvalue weighted by atomic mass is 35.6. The third-order valence-electron chi connectivity index (χ3n) is 4.89. The summed E-state index contributed by atoms with van der Waals surface area (Å²) < 4.78 is 18.4. The average molecular weight is 717 g/mol. The van der Waals surface area contributed by atoms with Gasteiger partial charge in [-0.1, -0.05) is 76.7 Å². The van der Waals surface area contributed by atoms with Crippen LogP contribution in [0.1, 0.15) is 53.1 Å². The predicted molar refractivity (Wildman–Crippen MR) is 166 cm³/mol. The highest BCUT2D eigenvalue weighted by Gasteiger charge is 2.46. The lowest BCUT2D eigenvalue weighted by Crippen LogP contribution is -2.55. The lowest BCUT2D eigenvalue weighted by atomic mass is 10.1. The monoisotopic (exact) mass is 715 g/mol. The number of hydrogen-bond donors (Lipinski definition) is 2. The van der Waals surface area contributed by atoms with Gasteiger partial charge in [0.25, 0.3) is 11.8 Å². The second-order valence-corrected chi connectivity index (χ2v) is 15.1. The van der Waals surface area contributed by atoms with Gasteiger partial charge in [0.15, 0.2) is 0 Å². The van der Waals surface area contributed by atoms with Gasteiger partial charge in [-0.25, -0.2) is 14.4 Å². The van der Waals surface area contributed by atoms with Gasteiger partial charge in [-0.2, -0.15) is 0 Å². The van der Waals surface area contributed by atoms with E-state index in [2.05, 4.69) is 15.4 Å². The van der Waals surface area contributed by atoms with E-state index in [4.69, 9.17) is 60.6 Å². The predicted octanol–water partition coefficient (Wildman–Crippen LogP) is 5.54. The van der Waals surface area contributed by atoms with Crippen LogP contribution in [0.5, 0.6) is 0 Å². The molecule has 0 spiro atoms. The molecule has 44 heavy (non-hydrogen) atoms. The normalized spacial score (nSPS) is 15.0. The largest absolute Gasteiger partial charge is 0.508 e. The SMILES string of the molecule is CC(C)(C)OC(=O)N[C@H](C(=O)NC1=C(SCCOC(=O)OCC(Cl)(Cl)Cl)N(C(Cl)C(=O)OC(C)(C)C)C1=O)c1ccccc1. The molecule has 0 aliphatic carbocycles. The van der Waals surface area contributed by atoms with Crippen molar-refractivity contribution in [3.05, 3.63) is 46.6 Å². The molecule has 0 aromatic heterocycles. The summed E-state index contributed by atoms with van der Waals surface area (Å²) in [7, 11) is 0. The molecule has 2 atom stereocenters. The van der Waals surface area contributed by atoms with Crippen LogP contribution in [-0.4, -0.2) is 74.4 Å². The summed E-state index contributed by atoms with van der Waals surface area (Å²) in [5.74, 6) is -2.45. The Bertz CT molecular complexity index is 1260. The van der Waals surface area contributed by atoms with E-state index < -0.39 is 63.2 Å². The van der Waals surface area contributed by atoms with Crippen LogP contribution < -0.4 is 10.6 Å². The molecule has 12 nitrogen and oxygen atoms in total. The number of rotatable bonds is 11. The molecule has 1 aromatic rings. The lowest BCUT2D eigenvalue weighted by Gasteiger charge is -2.38. The van der Waals surface area contributed by atoms with Crippen LogP contribution in [0.25, 0.3) is 0 Å². The zero-order chi connectivity index (χ0) is 33.5. The van der Waals surface area contributed by atoms with Gasteiger partial charge in [-0.15, -0.1) is 11.8 Å². The van der Waals surface area contributed by atoms with Gasteiger partial charge in [-0.05, 0) is 47.1 Å². The average Bonchev–Trinajstić information content (AvgIpc) is 2.88. The first kappa shape index (κ1) is 37.6. The Morgan fingerprint density at radius 1 is 0.932 bits per heavy atom. The summed E-state index contributed by atoms with van der Waals surface area (Å²) in [6.45, 7) is 9.10. The minimum Gasteiger partial charge on any atom is -0.457 e. The van der Waals surface area contributed by atoms with E-state index in [0.717, 1.165) is 16.7 Å². The molecule has 1 unspecified atom stereocenters. The number of ether oxygens (including phenoxy) is 4. The number of halogens is 4. The molecule has 3 amide bonds. The molecule has 0 radical (unpaired) electrons. The number of hydrogen-bond acceptors (Lipinski definition) is 10. The summed E-state index contributed by atoms with van der Waals surface area (Å²) in [6, 6.07) is 7.01. The van der Waals surface area contributed by atoms with E-state index in [9.17, 15) is 24.0 Å². The molecule has 2 N–H and O–H groups in total. The zero-order valence-corrected chi connectivity index (χ0v) is 28.5. The smallest absolute Gasteiger partial charge is 0.457 e. The molecule has 1 heterocycles. The first-order valence-corrected chi connectivity index (χ1v) is 15.5. The van der Waals surface area contributed by atoms with Crippen LogP contribution in [0.4, 0.5) is 9.59 Å². The Kier molecular flexibility index (Phi) is 13.3. The number of carbonyl (C=O) groups is 5. The molecule has 0 saturated carbocycles. The number of alkyl halides is 4. The van der Waals surface area contributed by atoms with Crippen molar-refractivity contribution in [1.29, 1.82) is 0 Å². The minimum absolute atomic E-state index is 0.0253. The number of nitrogens with one attached hydrogen (secondary N) is 2. The third kappa shape index (κ3) is 12.4. The molecular weight excluding hydrogens is 684 g/mol. The Morgan fingerprint density at radius 3 is 2.07 bits per heavy atom. The summed E-state index contributed by atoms with van der Waals surface area (Å²) in [5, 5.41) is 5.10. The summed E-state index contributed by atoms with van der Waals surface area (Å²) in [6.07, 6.45) is -1.97. The maximum Gasteiger partial charge on any atom is 0.508 e. The molecular formula is C27H33Cl4N3O9S. The highest BCUT2D eigenvalue weighted by molar-refractivity contribution is 8.03. The second-order valence-electron chi connectivity index (χ2n) is 11.1. The Morgan fingerprint density at radius 2 is 1.52 bits per heavy atom. The van der Waals surface area contributed by atoms with Gasteiger partial charge in [0.2, 0.25) is 9.29 Å². The fraction of sp³-hybridized carbons (Fsp3) is 0.519. The van der Waals surface area contributed by atoms with E-state index in [1.54, 1.807) is 71.9 Å².